The molecule has 1 heterocycles. The molecule has 1 N–H and O–H groups in total. The van der Waals surface area contributed by atoms with Gasteiger partial charge in [-0.05, 0) is 38.7 Å². The molecule has 1 saturated carbocycles. The summed E-state index contributed by atoms with van der Waals surface area (Å²) in [6.45, 7) is 2.25. The summed E-state index contributed by atoms with van der Waals surface area (Å²) >= 11 is 0. The van der Waals surface area contributed by atoms with Crippen LogP contribution in [-0.4, -0.2) is 21.4 Å². The van der Waals surface area contributed by atoms with Crippen LogP contribution >= 0.6 is 0 Å². The molecule has 0 atom stereocenters. The van der Waals surface area contributed by atoms with E-state index in [4.69, 9.17) is 0 Å². The summed E-state index contributed by atoms with van der Waals surface area (Å²) in [5, 5.41) is 9.58. The van der Waals surface area contributed by atoms with E-state index in [0.29, 0.717) is 17.3 Å². The van der Waals surface area contributed by atoms with Crippen LogP contribution in [0.4, 0.5) is 0 Å². The van der Waals surface area contributed by atoms with E-state index >= 15 is 0 Å². The molecule has 0 aliphatic heterocycles. The predicted molar refractivity (Wildman–Crippen MR) is 94.3 cm³/mol. The summed E-state index contributed by atoms with van der Waals surface area (Å²) in [5.74, 6) is -0.370. The molecule has 0 radical (unpaired) electrons. The molecule has 24 heavy (non-hydrogen) atoms. The second-order valence-electron chi connectivity index (χ2n) is 6.05. The van der Waals surface area contributed by atoms with Crippen LogP contribution in [0.15, 0.2) is 34.2 Å². The maximum atomic E-state index is 12.6. The lowest BCUT2D eigenvalue weighted by Gasteiger charge is -2.09. The largest absolute Gasteiger partial charge is 0.292 e. The zero-order valence-corrected chi connectivity index (χ0v) is 13.9. The summed E-state index contributed by atoms with van der Waals surface area (Å²) in [4.78, 5) is 24.9. The molecule has 0 unspecified atom stereocenters. The van der Waals surface area contributed by atoms with Crippen molar-refractivity contribution in [3.8, 4) is 0 Å². The number of nitrogens with one attached hydrogen (secondary N) is 1. The summed E-state index contributed by atoms with van der Waals surface area (Å²) in [6.07, 6.45) is 6.56. The summed E-state index contributed by atoms with van der Waals surface area (Å²) in [7, 11) is 0. The lowest BCUT2D eigenvalue weighted by Crippen LogP contribution is -2.29. The van der Waals surface area contributed by atoms with Gasteiger partial charge in [0.05, 0.1) is 5.39 Å². The second kappa shape index (κ2) is 7.38. The molecule has 1 aromatic carbocycles. The van der Waals surface area contributed by atoms with Crippen LogP contribution in [0.3, 0.4) is 0 Å². The zero-order chi connectivity index (χ0) is 16.9. The van der Waals surface area contributed by atoms with Crippen molar-refractivity contribution in [3.05, 3.63) is 40.3 Å². The topological polar surface area (TPSA) is 76.3 Å². The number of aromatic nitrogens is 2. The highest BCUT2D eigenvalue weighted by molar-refractivity contribution is 6.05. The smallest absolute Gasteiger partial charge is 0.267 e. The molecule has 0 saturated heterocycles. The maximum Gasteiger partial charge on any atom is 0.292 e. The number of hydrogen-bond acceptors (Lipinski definition) is 4. The van der Waals surface area contributed by atoms with Crippen molar-refractivity contribution in [2.24, 2.45) is 5.10 Å². The lowest BCUT2D eigenvalue weighted by molar-refractivity contribution is 0.0949. The number of hydrogen-bond donors (Lipinski definition) is 1. The third-order valence-electron chi connectivity index (χ3n) is 4.38. The highest BCUT2D eigenvalue weighted by atomic mass is 16.2. The number of rotatable bonds is 3. The van der Waals surface area contributed by atoms with Gasteiger partial charge in [0.1, 0.15) is 0 Å². The zero-order valence-electron chi connectivity index (χ0n) is 13.9. The molecule has 0 bridgehead atoms. The van der Waals surface area contributed by atoms with E-state index < -0.39 is 0 Å². The molecular formula is C18H22N4O2. The first-order valence-corrected chi connectivity index (χ1v) is 8.56. The molecule has 1 fully saturated rings. The number of aryl methyl sites for hydroxylation is 1. The van der Waals surface area contributed by atoms with Gasteiger partial charge < -0.3 is 0 Å². The normalized spacial score (nSPS) is 15.1. The number of benzene rings is 1. The Hall–Kier alpha value is -2.50. The van der Waals surface area contributed by atoms with E-state index in [-0.39, 0.29) is 17.2 Å². The second-order valence-corrected chi connectivity index (χ2v) is 6.05. The van der Waals surface area contributed by atoms with Crippen molar-refractivity contribution in [1.82, 2.24) is 15.2 Å². The first-order valence-electron chi connectivity index (χ1n) is 8.56. The lowest BCUT2D eigenvalue weighted by atomic mass is 10.1. The first-order chi connectivity index (χ1) is 11.7. The predicted octanol–water partition coefficient (Wildman–Crippen LogP) is 2.86. The maximum absolute atomic E-state index is 12.6. The molecule has 1 aromatic heterocycles. The molecular weight excluding hydrogens is 304 g/mol. The highest BCUT2D eigenvalue weighted by Gasteiger charge is 2.16. The number of carbonyl (C=O) groups excluding carboxylic acids is 1. The van der Waals surface area contributed by atoms with Gasteiger partial charge in [-0.25, -0.2) is 10.1 Å². The Morgan fingerprint density at radius 2 is 1.83 bits per heavy atom. The van der Waals surface area contributed by atoms with E-state index in [0.717, 1.165) is 31.4 Å². The molecule has 6 nitrogen and oxygen atoms in total. The van der Waals surface area contributed by atoms with Gasteiger partial charge in [0.2, 0.25) is 0 Å². The Morgan fingerprint density at radius 3 is 2.50 bits per heavy atom. The summed E-state index contributed by atoms with van der Waals surface area (Å²) < 4.78 is 1.32. The number of nitrogens with zero attached hydrogens (tertiary/aromatic N) is 3. The van der Waals surface area contributed by atoms with Gasteiger partial charge in [0.15, 0.2) is 5.69 Å². The molecule has 3 rings (SSSR count). The third kappa shape index (κ3) is 3.37. The number of carbonyl (C=O) groups is 1. The minimum absolute atomic E-state index is 0.181. The Labute approximate surface area is 140 Å². The molecule has 1 aliphatic carbocycles. The van der Waals surface area contributed by atoms with Crippen LogP contribution in [-0.2, 0) is 6.54 Å². The fraction of sp³-hybridized carbons (Fsp3) is 0.444. The molecule has 2 aromatic rings. The van der Waals surface area contributed by atoms with Gasteiger partial charge in [-0.2, -0.15) is 10.2 Å². The quantitative estimate of drug-likeness (QED) is 0.696. The van der Waals surface area contributed by atoms with Crippen LogP contribution in [0, 0.1) is 0 Å². The minimum atomic E-state index is -0.370. The van der Waals surface area contributed by atoms with Gasteiger partial charge >= 0.3 is 0 Å². The van der Waals surface area contributed by atoms with Crippen LogP contribution in [0.5, 0.6) is 0 Å². The monoisotopic (exact) mass is 326 g/mol. The average molecular weight is 326 g/mol. The SMILES string of the molecule is CCn1nc(C(=O)NN=C2CCCCCC2)c2ccccc2c1=O. The summed E-state index contributed by atoms with van der Waals surface area (Å²) in [5.41, 5.74) is 3.73. The highest BCUT2D eigenvalue weighted by Crippen LogP contribution is 2.15. The van der Waals surface area contributed by atoms with Gasteiger partial charge in [0.25, 0.3) is 11.5 Å². The molecule has 126 valence electrons. The third-order valence-corrected chi connectivity index (χ3v) is 4.38. The summed E-state index contributed by atoms with van der Waals surface area (Å²) in [6, 6.07) is 7.06. The van der Waals surface area contributed by atoms with E-state index in [1.54, 1.807) is 24.3 Å². The van der Waals surface area contributed by atoms with Crippen molar-refractivity contribution < 1.29 is 4.79 Å². The molecule has 0 spiro atoms. The van der Waals surface area contributed by atoms with Crippen molar-refractivity contribution in [1.29, 1.82) is 0 Å². The Morgan fingerprint density at radius 1 is 1.17 bits per heavy atom. The van der Waals surface area contributed by atoms with Crippen LogP contribution in [0.25, 0.3) is 10.8 Å². The van der Waals surface area contributed by atoms with Crippen LogP contribution < -0.4 is 11.0 Å². The Bertz CT molecular complexity index is 829. The van der Waals surface area contributed by atoms with E-state index in [1.807, 2.05) is 6.92 Å². The number of amides is 1. The Kier molecular flexibility index (Phi) is 5.03. The van der Waals surface area contributed by atoms with E-state index in [1.165, 1.54) is 17.5 Å². The molecule has 1 amide bonds. The first kappa shape index (κ1) is 16.4. The van der Waals surface area contributed by atoms with Gasteiger partial charge in [-0.3, -0.25) is 9.59 Å². The fourth-order valence-corrected chi connectivity index (χ4v) is 3.05. The molecule has 1 aliphatic rings. The van der Waals surface area contributed by atoms with Crippen molar-refractivity contribution in [2.45, 2.75) is 52.0 Å². The van der Waals surface area contributed by atoms with Crippen molar-refractivity contribution in [3.63, 3.8) is 0 Å². The van der Waals surface area contributed by atoms with Gasteiger partial charge in [-0.15, -0.1) is 0 Å². The fourth-order valence-electron chi connectivity index (χ4n) is 3.05. The standard InChI is InChI=1S/C18H22N4O2/c1-2-22-18(24)15-12-8-7-11-14(15)16(21-22)17(23)20-19-13-9-5-3-4-6-10-13/h7-8,11-12H,2-6,9-10H2,1H3,(H,20,23). The minimum Gasteiger partial charge on any atom is -0.267 e. The van der Waals surface area contributed by atoms with Crippen molar-refractivity contribution >= 4 is 22.4 Å². The van der Waals surface area contributed by atoms with Crippen LogP contribution in [0.2, 0.25) is 0 Å². The Balaban J connectivity index is 1.93. The average Bonchev–Trinajstić information content (AvgIpc) is 2.89. The molecule has 6 heteroatoms. The van der Waals surface area contributed by atoms with Crippen molar-refractivity contribution in [2.75, 3.05) is 0 Å². The van der Waals surface area contributed by atoms with Gasteiger partial charge in [0, 0.05) is 17.6 Å². The van der Waals surface area contributed by atoms with Crippen LogP contribution in [0.1, 0.15) is 55.9 Å². The van der Waals surface area contributed by atoms with E-state index in [9.17, 15) is 9.59 Å². The number of hydrazone groups is 1. The van der Waals surface area contributed by atoms with E-state index in [2.05, 4.69) is 15.6 Å². The number of fused-ring (bicyclic) bond motifs is 1. The van der Waals surface area contributed by atoms with Gasteiger partial charge in [-0.1, -0.05) is 31.0 Å².